The molecule has 0 fully saturated rings. The van der Waals surface area contributed by atoms with Crippen LogP contribution in [0.4, 0.5) is 0 Å². The predicted molar refractivity (Wildman–Crippen MR) is 137 cm³/mol. The van der Waals surface area contributed by atoms with Crippen molar-refractivity contribution >= 4 is 27.7 Å². The van der Waals surface area contributed by atoms with Gasteiger partial charge in [-0.3, -0.25) is 4.57 Å². The number of hydrogen-bond acceptors (Lipinski definition) is 5. The van der Waals surface area contributed by atoms with Gasteiger partial charge in [-0.15, -0.1) is 10.2 Å². The molecule has 0 aliphatic carbocycles. The molecule has 7 heteroatoms. The van der Waals surface area contributed by atoms with Crippen molar-refractivity contribution in [2.24, 2.45) is 0 Å². The van der Waals surface area contributed by atoms with Crippen LogP contribution in [-0.4, -0.2) is 28.0 Å². The first kappa shape index (κ1) is 23.4. The van der Waals surface area contributed by atoms with Crippen molar-refractivity contribution in [1.82, 2.24) is 14.8 Å². The fourth-order valence-corrected chi connectivity index (χ4v) is 4.93. The third-order valence-corrected chi connectivity index (χ3v) is 6.58. The van der Waals surface area contributed by atoms with Gasteiger partial charge in [0.2, 0.25) is 0 Å². The molecule has 0 saturated carbocycles. The number of methoxy groups -OCH3 is 1. The van der Waals surface area contributed by atoms with Crippen LogP contribution >= 0.6 is 27.7 Å². The highest BCUT2D eigenvalue weighted by Gasteiger charge is 2.15. The maximum absolute atomic E-state index is 5.77. The van der Waals surface area contributed by atoms with E-state index >= 15 is 0 Å². The molecular formula is C26H26BrN3O2S. The molecule has 1 aromatic heterocycles. The van der Waals surface area contributed by atoms with E-state index < -0.39 is 0 Å². The van der Waals surface area contributed by atoms with Crippen LogP contribution in [0.15, 0.2) is 82.4 Å². The lowest BCUT2D eigenvalue weighted by Crippen LogP contribution is -2.06. The summed E-state index contributed by atoms with van der Waals surface area (Å²) in [7, 11) is 1.67. The van der Waals surface area contributed by atoms with Gasteiger partial charge in [-0.2, -0.15) is 0 Å². The monoisotopic (exact) mass is 523 g/mol. The summed E-state index contributed by atoms with van der Waals surface area (Å²) >= 11 is 5.23. The quantitative estimate of drug-likeness (QED) is 0.228. The molecule has 4 aromatic rings. The van der Waals surface area contributed by atoms with Gasteiger partial charge in [0.1, 0.15) is 17.3 Å². The standard InChI is InChI=1S/C26H26BrN3O2S/c1-18(2)32-22-12-9-19(10-13-22)16-25-28-29-26(30(25)21-7-5-4-6-8-21)33-17-20-11-14-24(31-3)23(27)15-20/h4-15,18H,16-17H2,1-3H3. The Morgan fingerprint density at radius 1 is 0.939 bits per heavy atom. The average Bonchev–Trinajstić information content (AvgIpc) is 3.21. The van der Waals surface area contributed by atoms with E-state index in [0.29, 0.717) is 6.42 Å². The second-order valence-corrected chi connectivity index (χ2v) is 9.61. The third-order valence-electron chi connectivity index (χ3n) is 4.96. The highest BCUT2D eigenvalue weighted by atomic mass is 79.9. The van der Waals surface area contributed by atoms with Crippen LogP contribution < -0.4 is 9.47 Å². The highest BCUT2D eigenvalue weighted by molar-refractivity contribution is 9.10. The first-order chi connectivity index (χ1) is 16.0. The average molecular weight is 524 g/mol. The summed E-state index contributed by atoms with van der Waals surface area (Å²) in [6, 6.07) is 24.6. The van der Waals surface area contributed by atoms with Gasteiger partial charge in [0.25, 0.3) is 0 Å². The van der Waals surface area contributed by atoms with Crippen molar-refractivity contribution < 1.29 is 9.47 Å². The lowest BCUT2D eigenvalue weighted by atomic mass is 10.1. The van der Waals surface area contributed by atoms with Crippen LogP contribution in [0.25, 0.3) is 5.69 Å². The third kappa shape index (κ3) is 5.97. The number of para-hydroxylation sites is 1. The molecule has 170 valence electrons. The molecule has 0 atom stereocenters. The summed E-state index contributed by atoms with van der Waals surface area (Å²) < 4.78 is 14.2. The van der Waals surface area contributed by atoms with E-state index in [1.54, 1.807) is 18.9 Å². The number of hydrogen-bond donors (Lipinski definition) is 0. The Labute approximate surface area is 207 Å². The lowest BCUT2D eigenvalue weighted by Gasteiger charge is -2.12. The minimum atomic E-state index is 0.155. The Morgan fingerprint density at radius 2 is 1.67 bits per heavy atom. The SMILES string of the molecule is COc1ccc(CSc2nnc(Cc3ccc(OC(C)C)cc3)n2-c2ccccc2)cc1Br. The molecule has 0 aliphatic rings. The van der Waals surface area contributed by atoms with Crippen molar-refractivity contribution in [3.63, 3.8) is 0 Å². The Kier molecular flexibility index (Phi) is 7.73. The maximum Gasteiger partial charge on any atom is 0.196 e. The van der Waals surface area contributed by atoms with Gasteiger partial charge < -0.3 is 9.47 Å². The Balaban J connectivity index is 1.57. The highest BCUT2D eigenvalue weighted by Crippen LogP contribution is 2.30. The van der Waals surface area contributed by atoms with E-state index in [0.717, 1.165) is 44.0 Å². The van der Waals surface area contributed by atoms with E-state index in [-0.39, 0.29) is 6.10 Å². The zero-order valence-corrected chi connectivity index (χ0v) is 21.3. The first-order valence-electron chi connectivity index (χ1n) is 10.7. The fourth-order valence-electron chi connectivity index (χ4n) is 3.43. The topological polar surface area (TPSA) is 49.2 Å². The van der Waals surface area contributed by atoms with E-state index in [2.05, 4.69) is 67.1 Å². The molecule has 0 unspecified atom stereocenters. The number of rotatable bonds is 9. The molecule has 33 heavy (non-hydrogen) atoms. The zero-order chi connectivity index (χ0) is 23.2. The van der Waals surface area contributed by atoms with Crippen molar-refractivity contribution in [3.05, 3.63) is 94.2 Å². The second-order valence-electron chi connectivity index (χ2n) is 7.81. The molecule has 0 aliphatic heterocycles. The number of benzene rings is 3. The Morgan fingerprint density at radius 3 is 2.33 bits per heavy atom. The fraction of sp³-hybridized carbons (Fsp3) is 0.231. The maximum atomic E-state index is 5.77. The van der Waals surface area contributed by atoms with Crippen LogP contribution in [0.5, 0.6) is 11.5 Å². The van der Waals surface area contributed by atoms with Gasteiger partial charge in [-0.05, 0) is 77.3 Å². The molecule has 0 radical (unpaired) electrons. The molecular weight excluding hydrogens is 498 g/mol. The largest absolute Gasteiger partial charge is 0.496 e. The van der Waals surface area contributed by atoms with Gasteiger partial charge in [-0.1, -0.05) is 48.2 Å². The lowest BCUT2D eigenvalue weighted by molar-refractivity contribution is 0.242. The Bertz CT molecular complexity index is 1190. The van der Waals surface area contributed by atoms with Crippen LogP contribution in [0, 0.1) is 0 Å². The minimum Gasteiger partial charge on any atom is -0.496 e. The summed E-state index contributed by atoms with van der Waals surface area (Å²) in [6.45, 7) is 4.06. The summed E-state index contributed by atoms with van der Waals surface area (Å²) in [5.74, 6) is 3.37. The molecule has 1 heterocycles. The number of thioether (sulfide) groups is 1. The van der Waals surface area contributed by atoms with Crippen LogP contribution in [-0.2, 0) is 12.2 Å². The Hall–Kier alpha value is -2.77. The summed E-state index contributed by atoms with van der Waals surface area (Å²) in [5, 5.41) is 9.94. The summed E-state index contributed by atoms with van der Waals surface area (Å²) in [5.41, 5.74) is 3.39. The predicted octanol–water partition coefficient (Wildman–Crippen LogP) is 6.71. The van der Waals surface area contributed by atoms with Gasteiger partial charge in [0, 0.05) is 17.9 Å². The number of aromatic nitrogens is 3. The van der Waals surface area contributed by atoms with Gasteiger partial charge in [-0.25, -0.2) is 0 Å². The van der Waals surface area contributed by atoms with E-state index in [9.17, 15) is 0 Å². The second kappa shape index (κ2) is 10.9. The molecule has 0 N–H and O–H groups in total. The molecule has 4 rings (SSSR count). The molecule has 0 bridgehead atoms. The van der Waals surface area contributed by atoms with Gasteiger partial charge in [0.15, 0.2) is 5.16 Å². The molecule has 3 aromatic carbocycles. The summed E-state index contributed by atoms with van der Waals surface area (Å²) in [6.07, 6.45) is 0.835. The van der Waals surface area contributed by atoms with E-state index in [1.807, 2.05) is 50.2 Å². The van der Waals surface area contributed by atoms with Crippen LogP contribution in [0.2, 0.25) is 0 Å². The van der Waals surface area contributed by atoms with Crippen LogP contribution in [0.1, 0.15) is 30.8 Å². The normalized spacial score (nSPS) is 11.1. The smallest absolute Gasteiger partial charge is 0.196 e. The first-order valence-corrected chi connectivity index (χ1v) is 12.5. The van der Waals surface area contributed by atoms with Crippen LogP contribution in [0.3, 0.4) is 0 Å². The summed E-state index contributed by atoms with van der Waals surface area (Å²) in [4.78, 5) is 0. The van der Waals surface area contributed by atoms with Crippen molar-refractivity contribution in [2.75, 3.05) is 7.11 Å². The van der Waals surface area contributed by atoms with E-state index in [4.69, 9.17) is 9.47 Å². The zero-order valence-electron chi connectivity index (χ0n) is 18.9. The number of ether oxygens (including phenoxy) is 2. The molecule has 0 saturated heterocycles. The van der Waals surface area contributed by atoms with Gasteiger partial charge in [0.05, 0.1) is 17.7 Å². The van der Waals surface area contributed by atoms with Crippen molar-refractivity contribution in [2.45, 2.75) is 37.3 Å². The minimum absolute atomic E-state index is 0.155. The van der Waals surface area contributed by atoms with Crippen molar-refractivity contribution in [1.29, 1.82) is 0 Å². The van der Waals surface area contributed by atoms with Gasteiger partial charge >= 0.3 is 0 Å². The molecule has 0 spiro atoms. The molecule has 5 nitrogen and oxygen atoms in total. The molecule has 0 amide bonds. The van der Waals surface area contributed by atoms with E-state index in [1.165, 1.54) is 5.56 Å². The number of nitrogens with zero attached hydrogens (tertiary/aromatic N) is 3. The number of halogens is 1. The van der Waals surface area contributed by atoms with Crippen molar-refractivity contribution in [3.8, 4) is 17.2 Å².